The lowest BCUT2D eigenvalue weighted by molar-refractivity contribution is -0.135. The molecule has 0 aromatic heterocycles. The quantitative estimate of drug-likeness (QED) is 0.808. The number of fused-ring (bicyclic) bond motifs is 1. The van der Waals surface area contributed by atoms with Gasteiger partial charge in [0, 0.05) is 5.56 Å². The Morgan fingerprint density at radius 1 is 1.30 bits per heavy atom. The summed E-state index contributed by atoms with van der Waals surface area (Å²) in [4.78, 5) is 24.5. The Morgan fingerprint density at radius 2 is 1.96 bits per heavy atom. The number of aliphatic carboxylic acids is 1. The number of rotatable bonds is 5. The van der Waals surface area contributed by atoms with E-state index in [1.165, 1.54) is 0 Å². The number of carbonyl (C=O) groups excluding carboxylic acids is 1. The van der Waals surface area contributed by atoms with Gasteiger partial charge in [-0.1, -0.05) is 39.0 Å². The van der Waals surface area contributed by atoms with Gasteiger partial charge in [-0.25, -0.2) is 4.79 Å². The van der Waals surface area contributed by atoms with Crippen LogP contribution in [0.25, 0.3) is 5.76 Å². The monoisotopic (exact) mass is 316 g/mol. The van der Waals surface area contributed by atoms with E-state index in [0.717, 1.165) is 24.0 Å². The number of benzene rings is 1. The summed E-state index contributed by atoms with van der Waals surface area (Å²) in [6.45, 7) is 7.96. The third-order valence-corrected chi connectivity index (χ3v) is 4.74. The predicted octanol–water partition coefficient (Wildman–Crippen LogP) is 3.88. The summed E-state index contributed by atoms with van der Waals surface area (Å²) < 4.78 is 0. The smallest absolute Gasteiger partial charge is 0.343 e. The van der Waals surface area contributed by atoms with Gasteiger partial charge in [0.25, 0.3) is 0 Å². The molecule has 1 atom stereocenters. The molecular formula is C19H24O4. The van der Waals surface area contributed by atoms with Gasteiger partial charge >= 0.3 is 5.97 Å². The van der Waals surface area contributed by atoms with E-state index in [0.29, 0.717) is 17.9 Å². The van der Waals surface area contributed by atoms with Crippen LogP contribution in [0.1, 0.15) is 57.2 Å². The zero-order valence-electron chi connectivity index (χ0n) is 14.1. The Morgan fingerprint density at radius 3 is 2.48 bits per heavy atom. The van der Waals surface area contributed by atoms with E-state index in [-0.39, 0.29) is 0 Å². The zero-order valence-corrected chi connectivity index (χ0v) is 14.1. The fourth-order valence-electron chi connectivity index (χ4n) is 3.39. The maximum atomic E-state index is 12.9. The van der Waals surface area contributed by atoms with Gasteiger partial charge in [-0.2, -0.15) is 0 Å². The summed E-state index contributed by atoms with van der Waals surface area (Å²) in [6, 6.07) is 5.44. The van der Waals surface area contributed by atoms with Crippen LogP contribution in [0.3, 0.4) is 0 Å². The first-order valence-electron chi connectivity index (χ1n) is 8.08. The molecule has 0 radical (unpaired) electrons. The molecule has 0 aliphatic heterocycles. The van der Waals surface area contributed by atoms with Crippen LogP contribution in [0.5, 0.6) is 0 Å². The van der Waals surface area contributed by atoms with Crippen LogP contribution in [0.15, 0.2) is 23.8 Å². The molecule has 4 nitrogen and oxygen atoms in total. The molecule has 0 amide bonds. The fourth-order valence-corrected chi connectivity index (χ4v) is 3.39. The molecular weight excluding hydrogens is 292 g/mol. The average molecular weight is 316 g/mol. The van der Waals surface area contributed by atoms with Crippen molar-refractivity contribution in [2.45, 2.75) is 52.4 Å². The van der Waals surface area contributed by atoms with E-state index in [9.17, 15) is 19.8 Å². The molecule has 0 spiro atoms. The van der Waals surface area contributed by atoms with Crippen molar-refractivity contribution in [3.05, 3.63) is 40.5 Å². The van der Waals surface area contributed by atoms with Gasteiger partial charge in [0.2, 0.25) is 0 Å². The largest absolute Gasteiger partial charge is 0.506 e. The van der Waals surface area contributed by atoms with Crippen molar-refractivity contribution in [1.82, 2.24) is 0 Å². The minimum Gasteiger partial charge on any atom is -0.506 e. The molecule has 0 saturated carbocycles. The molecule has 0 saturated heterocycles. The number of carboxylic acid groups (broad SMARTS) is 1. The van der Waals surface area contributed by atoms with Crippen molar-refractivity contribution in [3.63, 3.8) is 0 Å². The highest BCUT2D eigenvalue weighted by Gasteiger charge is 2.47. The van der Waals surface area contributed by atoms with E-state index in [2.05, 4.69) is 13.8 Å². The minimum absolute atomic E-state index is 0.407. The Balaban J connectivity index is 2.75. The second-order valence-electron chi connectivity index (χ2n) is 6.82. The highest BCUT2D eigenvalue weighted by Crippen LogP contribution is 2.44. The van der Waals surface area contributed by atoms with Crippen molar-refractivity contribution < 1.29 is 19.8 Å². The second-order valence-corrected chi connectivity index (χ2v) is 6.82. The number of hydrogen-bond donors (Lipinski definition) is 2. The van der Waals surface area contributed by atoms with Crippen molar-refractivity contribution >= 4 is 17.5 Å². The molecule has 0 bridgehead atoms. The lowest BCUT2D eigenvalue weighted by Crippen LogP contribution is -2.41. The third-order valence-electron chi connectivity index (χ3n) is 4.74. The first-order valence-corrected chi connectivity index (χ1v) is 8.08. The molecule has 124 valence electrons. The molecule has 1 aromatic rings. The first-order chi connectivity index (χ1) is 10.7. The van der Waals surface area contributed by atoms with Gasteiger partial charge < -0.3 is 10.2 Å². The van der Waals surface area contributed by atoms with Crippen LogP contribution in [0, 0.1) is 5.92 Å². The lowest BCUT2D eigenvalue weighted by Gasteiger charge is -2.36. The van der Waals surface area contributed by atoms with Gasteiger partial charge in [-0.3, -0.25) is 4.79 Å². The number of aliphatic hydroxyl groups is 1. The SMILES string of the molecule is CCc1cccc2c1[C@](C)(CCC(C)C)C(=O)C(C(=O)O)=C2O. The van der Waals surface area contributed by atoms with Crippen molar-refractivity contribution in [3.8, 4) is 0 Å². The summed E-state index contributed by atoms with van der Waals surface area (Å²) in [5.41, 5.74) is 0.852. The molecule has 23 heavy (non-hydrogen) atoms. The molecule has 0 heterocycles. The molecule has 1 aliphatic rings. The summed E-state index contributed by atoms with van der Waals surface area (Å²) in [5.74, 6) is -1.85. The Labute approximate surface area is 136 Å². The summed E-state index contributed by atoms with van der Waals surface area (Å²) >= 11 is 0. The number of carbonyl (C=O) groups is 2. The maximum Gasteiger partial charge on any atom is 0.343 e. The van der Waals surface area contributed by atoms with Gasteiger partial charge in [-0.15, -0.1) is 0 Å². The van der Waals surface area contributed by atoms with Crippen LogP contribution in [-0.4, -0.2) is 22.0 Å². The highest BCUT2D eigenvalue weighted by molar-refractivity contribution is 6.26. The lowest BCUT2D eigenvalue weighted by atomic mass is 9.65. The Bertz CT molecular complexity index is 685. The number of aliphatic hydroxyl groups excluding tert-OH is 1. The number of Topliss-reactive ketones (excluding diaryl/α,β-unsaturated/α-hetero) is 1. The van der Waals surface area contributed by atoms with E-state index >= 15 is 0 Å². The minimum atomic E-state index is -1.36. The maximum absolute atomic E-state index is 12.9. The van der Waals surface area contributed by atoms with Gasteiger partial charge in [0.1, 0.15) is 11.3 Å². The van der Waals surface area contributed by atoms with Crippen molar-refractivity contribution in [2.24, 2.45) is 5.92 Å². The number of aryl methyl sites for hydroxylation is 1. The van der Waals surface area contributed by atoms with Crippen LogP contribution < -0.4 is 0 Å². The van der Waals surface area contributed by atoms with Crippen LogP contribution in [-0.2, 0) is 21.4 Å². The number of carboxylic acids is 1. The average Bonchev–Trinajstić information content (AvgIpc) is 2.50. The van der Waals surface area contributed by atoms with E-state index in [4.69, 9.17) is 0 Å². The van der Waals surface area contributed by atoms with Crippen LogP contribution >= 0.6 is 0 Å². The van der Waals surface area contributed by atoms with Crippen LogP contribution in [0.4, 0.5) is 0 Å². The second kappa shape index (κ2) is 6.19. The normalized spacial score (nSPS) is 20.8. The summed E-state index contributed by atoms with van der Waals surface area (Å²) in [5, 5.41) is 19.8. The number of ketones is 1. The fraction of sp³-hybridized carbons (Fsp3) is 0.474. The predicted molar refractivity (Wildman–Crippen MR) is 89.4 cm³/mol. The first kappa shape index (κ1) is 17.3. The summed E-state index contributed by atoms with van der Waals surface area (Å²) in [7, 11) is 0. The zero-order chi connectivity index (χ0) is 17.4. The molecule has 1 aromatic carbocycles. The van der Waals surface area contributed by atoms with Gasteiger partial charge in [-0.05, 0) is 43.2 Å². The highest BCUT2D eigenvalue weighted by atomic mass is 16.4. The Hall–Kier alpha value is -2.10. The Kier molecular flexibility index (Phi) is 4.64. The van der Waals surface area contributed by atoms with Gasteiger partial charge in [0.15, 0.2) is 5.78 Å². The molecule has 4 heteroatoms. The topological polar surface area (TPSA) is 74.6 Å². The molecule has 0 unspecified atom stereocenters. The van der Waals surface area contributed by atoms with E-state index in [1.54, 1.807) is 12.1 Å². The van der Waals surface area contributed by atoms with Crippen molar-refractivity contribution in [1.29, 1.82) is 0 Å². The third kappa shape index (κ3) is 2.78. The van der Waals surface area contributed by atoms with Crippen LogP contribution in [0.2, 0.25) is 0 Å². The van der Waals surface area contributed by atoms with E-state index < -0.39 is 28.5 Å². The number of hydrogen-bond acceptors (Lipinski definition) is 3. The van der Waals surface area contributed by atoms with E-state index in [1.807, 2.05) is 19.9 Å². The van der Waals surface area contributed by atoms with Crippen molar-refractivity contribution in [2.75, 3.05) is 0 Å². The van der Waals surface area contributed by atoms with Gasteiger partial charge in [0.05, 0.1) is 5.41 Å². The molecule has 2 rings (SSSR count). The molecule has 2 N–H and O–H groups in total. The summed E-state index contributed by atoms with van der Waals surface area (Å²) in [6.07, 6.45) is 2.11. The molecule has 0 fully saturated rings. The standard InChI is InChI=1S/C19H24O4/c1-5-12-7-6-8-13-15(12)19(4,10-9-11(2)3)17(21)14(16(13)20)18(22)23/h6-8,11,20H,5,9-10H2,1-4H3,(H,22,23)/t19-/m0/s1. The molecule has 1 aliphatic carbocycles.